The summed E-state index contributed by atoms with van der Waals surface area (Å²) in [5.41, 5.74) is 6.04. The van der Waals surface area contributed by atoms with Crippen LogP contribution in [0.5, 0.6) is 0 Å². The minimum Gasteiger partial charge on any atom is -0.334 e. The van der Waals surface area contributed by atoms with Crippen LogP contribution < -0.4 is 5.73 Å². The maximum atomic E-state index is 12.4. The van der Waals surface area contributed by atoms with Gasteiger partial charge in [0.25, 0.3) is 11.6 Å². The third-order valence-electron chi connectivity index (χ3n) is 3.30. The van der Waals surface area contributed by atoms with Crippen LogP contribution in [0.4, 0.5) is 5.69 Å². The number of nitro groups is 1. The second-order valence-corrected chi connectivity index (χ2v) is 5.31. The minimum absolute atomic E-state index is 0. The van der Waals surface area contributed by atoms with Gasteiger partial charge in [-0.05, 0) is 34.8 Å². The number of carbonyl (C=O) groups excluding carboxylic acids is 1. The Morgan fingerprint density at radius 2 is 2.25 bits per heavy atom. The molecule has 1 amide bonds. The first-order chi connectivity index (χ1) is 9.04. The summed E-state index contributed by atoms with van der Waals surface area (Å²) in [5.74, 6) is -0.130. The lowest BCUT2D eigenvalue weighted by atomic mass is 10.1. The fourth-order valence-electron chi connectivity index (χ4n) is 2.29. The van der Waals surface area contributed by atoms with Crippen LogP contribution in [-0.4, -0.2) is 34.9 Å². The van der Waals surface area contributed by atoms with Crippen molar-refractivity contribution < 1.29 is 9.72 Å². The van der Waals surface area contributed by atoms with Gasteiger partial charge in [-0.2, -0.15) is 0 Å². The fraction of sp³-hybridized carbons (Fsp3) is 0.417. The van der Waals surface area contributed by atoms with Gasteiger partial charge in [-0.1, -0.05) is 0 Å². The van der Waals surface area contributed by atoms with E-state index in [1.807, 2.05) is 0 Å². The number of nitrogens with zero attached hydrogens (tertiary/aromatic N) is 2. The van der Waals surface area contributed by atoms with Crippen molar-refractivity contribution in [2.75, 3.05) is 13.1 Å². The topological polar surface area (TPSA) is 89.5 Å². The minimum atomic E-state index is -0.489. The van der Waals surface area contributed by atoms with Gasteiger partial charge in [0.2, 0.25) is 0 Å². The SMILES string of the molecule is Cl.NCC1CCCN1C(=O)c1ccc([N+](=O)[O-])cc1Br. The first kappa shape index (κ1) is 16.9. The zero-order valence-corrected chi connectivity index (χ0v) is 13.0. The van der Waals surface area contributed by atoms with Crippen LogP contribution >= 0.6 is 28.3 Å². The molecule has 0 radical (unpaired) electrons. The van der Waals surface area contributed by atoms with Gasteiger partial charge in [-0.3, -0.25) is 14.9 Å². The predicted molar refractivity (Wildman–Crippen MR) is 81.2 cm³/mol. The predicted octanol–water partition coefficient (Wildman–Crippen LogP) is 2.34. The molecule has 1 aromatic carbocycles. The molecule has 1 saturated heterocycles. The summed E-state index contributed by atoms with van der Waals surface area (Å²) in [6.45, 7) is 1.13. The Kier molecular flexibility index (Phi) is 5.91. The van der Waals surface area contributed by atoms with Crippen LogP contribution in [0.25, 0.3) is 0 Å². The fourth-order valence-corrected chi connectivity index (χ4v) is 2.83. The number of likely N-dealkylation sites (tertiary alicyclic amines) is 1. The molecule has 1 unspecified atom stereocenters. The van der Waals surface area contributed by atoms with Crippen LogP contribution in [0, 0.1) is 10.1 Å². The van der Waals surface area contributed by atoms with Crippen LogP contribution in [-0.2, 0) is 0 Å². The Morgan fingerprint density at radius 1 is 1.55 bits per heavy atom. The molecular weight excluding hydrogens is 350 g/mol. The lowest BCUT2D eigenvalue weighted by Gasteiger charge is -2.23. The second kappa shape index (κ2) is 7.01. The summed E-state index contributed by atoms with van der Waals surface area (Å²) in [6, 6.07) is 4.23. The van der Waals surface area contributed by atoms with Crippen molar-refractivity contribution >= 4 is 39.9 Å². The van der Waals surface area contributed by atoms with Gasteiger partial charge in [0, 0.05) is 35.7 Å². The highest BCUT2D eigenvalue weighted by molar-refractivity contribution is 9.10. The summed E-state index contributed by atoms with van der Waals surface area (Å²) < 4.78 is 0.439. The molecule has 8 heteroatoms. The zero-order chi connectivity index (χ0) is 14.0. The van der Waals surface area contributed by atoms with Crippen molar-refractivity contribution in [3.63, 3.8) is 0 Å². The summed E-state index contributed by atoms with van der Waals surface area (Å²) >= 11 is 3.22. The van der Waals surface area contributed by atoms with E-state index in [1.54, 1.807) is 4.90 Å². The van der Waals surface area contributed by atoms with Gasteiger partial charge in [0.15, 0.2) is 0 Å². The first-order valence-electron chi connectivity index (χ1n) is 5.99. The molecule has 1 heterocycles. The number of carbonyl (C=O) groups is 1. The van der Waals surface area contributed by atoms with Crippen molar-refractivity contribution in [1.29, 1.82) is 0 Å². The highest BCUT2D eigenvalue weighted by Crippen LogP contribution is 2.26. The van der Waals surface area contributed by atoms with E-state index in [9.17, 15) is 14.9 Å². The highest BCUT2D eigenvalue weighted by atomic mass is 79.9. The van der Waals surface area contributed by atoms with E-state index in [0.29, 0.717) is 23.1 Å². The molecule has 110 valence electrons. The molecule has 0 spiro atoms. The third-order valence-corrected chi connectivity index (χ3v) is 3.96. The number of amides is 1. The van der Waals surface area contributed by atoms with Gasteiger partial charge < -0.3 is 10.6 Å². The molecule has 0 aliphatic carbocycles. The molecule has 20 heavy (non-hydrogen) atoms. The van der Waals surface area contributed by atoms with Crippen LogP contribution in [0.2, 0.25) is 0 Å². The molecule has 0 bridgehead atoms. The number of non-ortho nitro benzene ring substituents is 1. The molecule has 0 aromatic heterocycles. The average molecular weight is 365 g/mol. The maximum absolute atomic E-state index is 12.4. The second-order valence-electron chi connectivity index (χ2n) is 4.45. The van der Waals surface area contributed by atoms with Crippen LogP contribution in [0.1, 0.15) is 23.2 Å². The van der Waals surface area contributed by atoms with Crippen molar-refractivity contribution in [2.45, 2.75) is 18.9 Å². The van der Waals surface area contributed by atoms with E-state index in [4.69, 9.17) is 5.73 Å². The quantitative estimate of drug-likeness (QED) is 0.658. The summed E-state index contributed by atoms with van der Waals surface area (Å²) in [4.78, 5) is 24.3. The molecule has 2 rings (SSSR count). The normalized spacial score (nSPS) is 17.7. The Balaban J connectivity index is 0.00000200. The number of hydrogen-bond donors (Lipinski definition) is 1. The summed E-state index contributed by atoms with van der Waals surface area (Å²) in [6.07, 6.45) is 1.85. The van der Waals surface area contributed by atoms with E-state index in [-0.39, 0.29) is 30.0 Å². The van der Waals surface area contributed by atoms with Gasteiger partial charge in [0.1, 0.15) is 0 Å². The number of hydrogen-bond acceptors (Lipinski definition) is 4. The zero-order valence-electron chi connectivity index (χ0n) is 10.6. The van der Waals surface area contributed by atoms with Gasteiger partial charge in [-0.15, -0.1) is 12.4 Å². The van der Waals surface area contributed by atoms with Gasteiger partial charge >= 0.3 is 0 Å². The highest BCUT2D eigenvalue weighted by Gasteiger charge is 2.29. The third kappa shape index (κ3) is 3.28. The van der Waals surface area contributed by atoms with Gasteiger partial charge in [0.05, 0.1) is 10.5 Å². The Hall–Kier alpha value is -1.18. The first-order valence-corrected chi connectivity index (χ1v) is 6.79. The molecule has 1 aliphatic rings. The summed E-state index contributed by atoms with van der Waals surface area (Å²) in [7, 11) is 0. The van der Waals surface area contributed by atoms with Crippen molar-refractivity contribution in [2.24, 2.45) is 5.73 Å². The van der Waals surface area contributed by atoms with Crippen molar-refractivity contribution in [3.8, 4) is 0 Å². The monoisotopic (exact) mass is 363 g/mol. The van der Waals surface area contributed by atoms with E-state index in [1.165, 1.54) is 18.2 Å². The van der Waals surface area contributed by atoms with E-state index in [0.717, 1.165) is 12.8 Å². The largest absolute Gasteiger partial charge is 0.334 e. The van der Waals surface area contributed by atoms with Crippen molar-refractivity contribution in [1.82, 2.24) is 4.90 Å². The molecule has 2 N–H and O–H groups in total. The molecule has 1 aliphatic heterocycles. The van der Waals surface area contributed by atoms with E-state index >= 15 is 0 Å². The Bertz CT molecular complexity index is 527. The van der Waals surface area contributed by atoms with Crippen LogP contribution in [0.3, 0.4) is 0 Å². The molecular formula is C12H15BrClN3O3. The molecule has 6 nitrogen and oxygen atoms in total. The lowest BCUT2D eigenvalue weighted by molar-refractivity contribution is -0.384. The number of nitrogens with two attached hydrogens (primary N) is 1. The molecule has 1 atom stereocenters. The number of benzene rings is 1. The van der Waals surface area contributed by atoms with E-state index < -0.39 is 4.92 Å². The molecule has 0 saturated carbocycles. The maximum Gasteiger partial charge on any atom is 0.270 e. The van der Waals surface area contributed by atoms with Crippen molar-refractivity contribution in [3.05, 3.63) is 38.3 Å². The average Bonchev–Trinajstić information content (AvgIpc) is 2.85. The van der Waals surface area contributed by atoms with E-state index in [2.05, 4.69) is 15.9 Å². The smallest absolute Gasteiger partial charge is 0.270 e. The standard InChI is InChI=1S/C12H14BrN3O3.ClH/c13-11-6-8(16(18)19)3-4-10(11)12(17)15-5-1-2-9(15)7-14;/h3-4,6,9H,1-2,5,7,14H2;1H. The molecule has 1 fully saturated rings. The van der Waals surface area contributed by atoms with Crippen LogP contribution in [0.15, 0.2) is 22.7 Å². The Morgan fingerprint density at radius 3 is 2.80 bits per heavy atom. The summed E-state index contributed by atoms with van der Waals surface area (Å²) in [5, 5.41) is 10.7. The van der Waals surface area contributed by atoms with Gasteiger partial charge in [-0.25, -0.2) is 0 Å². The number of halogens is 2. The number of rotatable bonds is 3. The lowest BCUT2D eigenvalue weighted by Crippen LogP contribution is -2.40. The molecule has 1 aromatic rings. The Labute approximate surface area is 131 Å². The number of nitro benzene ring substituents is 1.